The van der Waals surface area contributed by atoms with E-state index < -0.39 is 0 Å². The number of rotatable bonds is 5. The van der Waals surface area contributed by atoms with Crippen LogP contribution in [0.15, 0.2) is 0 Å². The molecular weight excluding hydrogens is 170 g/mol. The summed E-state index contributed by atoms with van der Waals surface area (Å²) >= 11 is 0. The van der Waals surface area contributed by atoms with Crippen LogP contribution >= 0.6 is 0 Å². The highest BCUT2D eigenvalue weighted by Crippen LogP contribution is 2.33. The van der Waals surface area contributed by atoms with E-state index >= 15 is 0 Å². The predicted molar refractivity (Wildman–Crippen MR) is 63.5 cm³/mol. The van der Waals surface area contributed by atoms with Crippen molar-refractivity contribution in [3.8, 4) is 0 Å². The molecule has 84 valence electrons. The van der Waals surface area contributed by atoms with E-state index in [9.17, 15) is 0 Å². The van der Waals surface area contributed by atoms with Crippen molar-refractivity contribution in [2.45, 2.75) is 64.8 Å². The summed E-state index contributed by atoms with van der Waals surface area (Å²) in [5.74, 6) is 1.97. The molecule has 1 rings (SSSR count). The maximum absolute atomic E-state index is 3.51. The Morgan fingerprint density at radius 2 is 2.00 bits per heavy atom. The molecule has 3 atom stereocenters. The van der Waals surface area contributed by atoms with Crippen LogP contribution in [0.5, 0.6) is 0 Å². The van der Waals surface area contributed by atoms with Gasteiger partial charge in [-0.1, -0.05) is 33.1 Å². The molecule has 3 unspecified atom stereocenters. The van der Waals surface area contributed by atoms with Crippen LogP contribution in [0, 0.1) is 11.8 Å². The van der Waals surface area contributed by atoms with Crippen LogP contribution < -0.4 is 5.32 Å². The Morgan fingerprint density at radius 1 is 1.21 bits per heavy atom. The molecule has 0 heterocycles. The van der Waals surface area contributed by atoms with Gasteiger partial charge in [0.1, 0.15) is 0 Å². The maximum atomic E-state index is 3.51. The van der Waals surface area contributed by atoms with Gasteiger partial charge in [-0.25, -0.2) is 0 Å². The lowest BCUT2D eigenvalue weighted by molar-refractivity contribution is 0.193. The Kier molecular flexibility index (Phi) is 5.54. The summed E-state index contributed by atoms with van der Waals surface area (Å²) in [6.45, 7) is 4.65. The predicted octanol–water partition coefficient (Wildman–Crippen LogP) is 3.59. The smallest absolute Gasteiger partial charge is 0.00925 e. The van der Waals surface area contributed by atoms with E-state index in [1.165, 1.54) is 44.9 Å². The maximum Gasteiger partial charge on any atom is 0.00925 e. The van der Waals surface area contributed by atoms with Crippen LogP contribution in [0.4, 0.5) is 0 Å². The fourth-order valence-corrected chi connectivity index (χ4v) is 2.90. The molecule has 0 spiro atoms. The summed E-state index contributed by atoms with van der Waals surface area (Å²) in [5, 5.41) is 3.51. The van der Waals surface area contributed by atoms with Crippen molar-refractivity contribution in [3.63, 3.8) is 0 Å². The largest absolute Gasteiger partial charge is 0.317 e. The Balaban J connectivity index is 2.38. The summed E-state index contributed by atoms with van der Waals surface area (Å²) in [5.41, 5.74) is 0. The van der Waals surface area contributed by atoms with Gasteiger partial charge in [-0.15, -0.1) is 0 Å². The number of nitrogens with one attached hydrogen (secondary N) is 1. The first-order valence-corrected chi connectivity index (χ1v) is 6.49. The van der Waals surface area contributed by atoms with Crippen molar-refractivity contribution >= 4 is 0 Å². The number of unbranched alkanes of at least 4 members (excludes halogenated alkanes) is 1. The zero-order valence-corrected chi connectivity index (χ0v) is 10.2. The first-order chi connectivity index (χ1) is 6.81. The van der Waals surface area contributed by atoms with E-state index in [0.29, 0.717) is 0 Å². The molecule has 1 aliphatic rings. The summed E-state index contributed by atoms with van der Waals surface area (Å²) in [7, 11) is 2.13. The van der Waals surface area contributed by atoms with Crippen molar-refractivity contribution in [2.75, 3.05) is 7.05 Å². The zero-order valence-electron chi connectivity index (χ0n) is 10.2. The van der Waals surface area contributed by atoms with Crippen LogP contribution in [-0.2, 0) is 0 Å². The lowest BCUT2D eigenvalue weighted by Gasteiger charge is -2.36. The molecular formula is C13H27N. The van der Waals surface area contributed by atoms with Gasteiger partial charge >= 0.3 is 0 Å². The zero-order chi connectivity index (χ0) is 10.4. The topological polar surface area (TPSA) is 12.0 Å². The molecule has 14 heavy (non-hydrogen) atoms. The summed E-state index contributed by atoms with van der Waals surface area (Å²) in [6, 6.07) is 0.810. The molecule has 0 bridgehead atoms. The van der Waals surface area contributed by atoms with Gasteiger partial charge < -0.3 is 5.32 Å². The van der Waals surface area contributed by atoms with Gasteiger partial charge in [-0.2, -0.15) is 0 Å². The second kappa shape index (κ2) is 6.44. The van der Waals surface area contributed by atoms with Gasteiger partial charge in [0.05, 0.1) is 0 Å². The van der Waals surface area contributed by atoms with E-state index in [-0.39, 0.29) is 0 Å². The lowest BCUT2D eigenvalue weighted by atomic mass is 9.75. The summed E-state index contributed by atoms with van der Waals surface area (Å²) < 4.78 is 0. The third-order valence-corrected chi connectivity index (χ3v) is 3.97. The lowest BCUT2D eigenvalue weighted by Crippen LogP contribution is -2.38. The molecule has 1 fully saturated rings. The second-order valence-corrected chi connectivity index (χ2v) is 4.88. The average molecular weight is 197 g/mol. The molecule has 1 heteroatoms. The average Bonchev–Trinajstić information content (AvgIpc) is 2.25. The van der Waals surface area contributed by atoms with Gasteiger partial charge in [0, 0.05) is 6.04 Å². The van der Waals surface area contributed by atoms with Gasteiger partial charge in [-0.3, -0.25) is 0 Å². The summed E-state index contributed by atoms with van der Waals surface area (Å²) in [4.78, 5) is 0. The summed E-state index contributed by atoms with van der Waals surface area (Å²) in [6.07, 6.45) is 9.93. The van der Waals surface area contributed by atoms with Crippen LogP contribution in [0.2, 0.25) is 0 Å². The normalized spacial score (nSPS) is 33.2. The molecule has 0 radical (unpaired) electrons. The van der Waals surface area contributed by atoms with Crippen LogP contribution in [0.1, 0.15) is 58.8 Å². The monoisotopic (exact) mass is 197 g/mol. The van der Waals surface area contributed by atoms with E-state index in [4.69, 9.17) is 0 Å². The highest BCUT2D eigenvalue weighted by Gasteiger charge is 2.27. The minimum atomic E-state index is 0.810. The quantitative estimate of drug-likeness (QED) is 0.710. The molecule has 0 aliphatic heterocycles. The van der Waals surface area contributed by atoms with E-state index in [2.05, 4.69) is 26.2 Å². The number of hydrogen-bond acceptors (Lipinski definition) is 1. The van der Waals surface area contributed by atoms with E-state index in [0.717, 1.165) is 17.9 Å². The van der Waals surface area contributed by atoms with E-state index in [1.54, 1.807) is 0 Å². The van der Waals surface area contributed by atoms with Crippen molar-refractivity contribution in [3.05, 3.63) is 0 Å². The molecule has 1 aliphatic carbocycles. The molecule has 1 N–H and O–H groups in total. The fourth-order valence-electron chi connectivity index (χ4n) is 2.90. The highest BCUT2D eigenvalue weighted by molar-refractivity contribution is 4.83. The molecule has 0 saturated heterocycles. The molecule has 0 amide bonds. The molecule has 0 aromatic carbocycles. The Bertz CT molecular complexity index is 144. The SMILES string of the molecule is CCCCC1CC(CC)CCC1NC. The van der Waals surface area contributed by atoms with Gasteiger partial charge in [0.2, 0.25) is 0 Å². The van der Waals surface area contributed by atoms with E-state index in [1.807, 2.05) is 0 Å². The minimum absolute atomic E-state index is 0.810. The first-order valence-electron chi connectivity index (χ1n) is 6.49. The van der Waals surface area contributed by atoms with Crippen molar-refractivity contribution in [1.82, 2.24) is 5.32 Å². The van der Waals surface area contributed by atoms with Crippen LogP contribution in [0.3, 0.4) is 0 Å². The Morgan fingerprint density at radius 3 is 2.57 bits per heavy atom. The second-order valence-electron chi connectivity index (χ2n) is 4.88. The highest BCUT2D eigenvalue weighted by atomic mass is 14.9. The molecule has 0 aromatic heterocycles. The van der Waals surface area contributed by atoms with Gasteiger partial charge in [0.15, 0.2) is 0 Å². The molecule has 1 nitrogen and oxygen atoms in total. The van der Waals surface area contributed by atoms with Crippen LogP contribution in [0.25, 0.3) is 0 Å². The third-order valence-electron chi connectivity index (χ3n) is 3.97. The van der Waals surface area contributed by atoms with Gasteiger partial charge in [-0.05, 0) is 44.6 Å². The van der Waals surface area contributed by atoms with Crippen molar-refractivity contribution in [1.29, 1.82) is 0 Å². The third kappa shape index (κ3) is 3.27. The van der Waals surface area contributed by atoms with Crippen LogP contribution in [-0.4, -0.2) is 13.1 Å². The molecule has 1 saturated carbocycles. The van der Waals surface area contributed by atoms with Gasteiger partial charge in [0.25, 0.3) is 0 Å². The number of hydrogen-bond donors (Lipinski definition) is 1. The standard InChI is InChI=1S/C13H27N/c1-4-6-7-12-10-11(5-2)8-9-13(12)14-3/h11-14H,4-10H2,1-3H3. The minimum Gasteiger partial charge on any atom is -0.317 e. The van der Waals surface area contributed by atoms with Crippen molar-refractivity contribution in [2.24, 2.45) is 11.8 Å². The Hall–Kier alpha value is -0.0400. The van der Waals surface area contributed by atoms with Crippen molar-refractivity contribution < 1.29 is 0 Å². The first kappa shape index (κ1) is 12.0. The Labute approximate surface area is 89.7 Å². The molecule has 0 aromatic rings. The fraction of sp³-hybridized carbons (Fsp3) is 1.00.